The van der Waals surface area contributed by atoms with Crippen LogP contribution in [0.25, 0.3) is 10.9 Å². The van der Waals surface area contributed by atoms with E-state index in [4.69, 9.17) is 35.0 Å². The molecule has 0 saturated heterocycles. The van der Waals surface area contributed by atoms with Gasteiger partial charge in [-0.3, -0.25) is 9.78 Å². The van der Waals surface area contributed by atoms with Crippen LogP contribution in [0, 0.1) is 0 Å². The molecule has 0 saturated carbocycles. The minimum atomic E-state index is -5.08. The molecule has 0 aliphatic carbocycles. The lowest BCUT2D eigenvalue weighted by molar-refractivity contribution is -0.193. The summed E-state index contributed by atoms with van der Waals surface area (Å²) < 4.78 is 75.1. The molecule has 13 nitrogen and oxygen atoms in total. The molecule has 4 rings (SSSR count). The van der Waals surface area contributed by atoms with Gasteiger partial charge in [0.2, 0.25) is 0 Å². The summed E-state index contributed by atoms with van der Waals surface area (Å²) in [7, 11) is 0. The predicted octanol–water partition coefficient (Wildman–Crippen LogP) is 5.89. The molecule has 0 aliphatic rings. The van der Waals surface area contributed by atoms with E-state index in [1.807, 2.05) is 75.4 Å². The number of pyridine rings is 1. The number of aromatic nitrogens is 1. The number of aliphatic hydroxyl groups excluding tert-OH is 2. The molecular formula is C36H40F6N4O9. The van der Waals surface area contributed by atoms with Crippen LogP contribution in [0.2, 0.25) is 0 Å². The lowest BCUT2D eigenvalue weighted by atomic mass is 9.99. The van der Waals surface area contributed by atoms with E-state index in [0.717, 1.165) is 22.4 Å². The molecule has 4 aromatic rings. The van der Waals surface area contributed by atoms with Crippen molar-refractivity contribution in [1.82, 2.24) is 10.3 Å². The Morgan fingerprint density at radius 3 is 1.87 bits per heavy atom. The van der Waals surface area contributed by atoms with Crippen LogP contribution in [0.5, 0.6) is 11.5 Å². The highest BCUT2D eigenvalue weighted by molar-refractivity contribution is 6.08. The Balaban J connectivity index is 0.000000633. The van der Waals surface area contributed by atoms with Gasteiger partial charge in [-0.05, 0) is 49.1 Å². The number of nitrogens with two attached hydrogens (primary N) is 1. The average Bonchev–Trinajstić information content (AvgIpc) is 3.12. The molecule has 0 bridgehead atoms. The highest BCUT2D eigenvalue weighted by atomic mass is 19.4. The van der Waals surface area contributed by atoms with Crippen LogP contribution in [0.4, 0.5) is 37.7 Å². The number of nitrogens with zero attached hydrogens (tertiary/aromatic N) is 1. The zero-order chi connectivity index (χ0) is 41.5. The minimum Gasteiger partial charge on any atom is -0.490 e. The van der Waals surface area contributed by atoms with E-state index in [-0.39, 0.29) is 12.2 Å². The van der Waals surface area contributed by atoms with E-state index in [0.29, 0.717) is 54.3 Å². The Morgan fingerprint density at radius 2 is 1.40 bits per heavy atom. The van der Waals surface area contributed by atoms with Gasteiger partial charge in [0.25, 0.3) is 5.91 Å². The Morgan fingerprint density at radius 1 is 0.855 bits per heavy atom. The summed E-state index contributed by atoms with van der Waals surface area (Å²) in [5.74, 6) is -5.00. The van der Waals surface area contributed by atoms with Gasteiger partial charge in [0.1, 0.15) is 0 Å². The maximum absolute atomic E-state index is 12.5. The molecule has 0 spiro atoms. The third-order valence-corrected chi connectivity index (χ3v) is 7.44. The highest BCUT2D eigenvalue weighted by Crippen LogP contribution is 2.38. The lowest BCUT2D eigenvalue weighted by Gasteiger charge is -2.24. The van der Waals surface area contributed by atoms with Crippen molar-refractivity contribution in [2.75, 3.05) is 25.1 Å². The van der Waals surface area contributed by atoms with Gasteiger partial charge in [0, 0.05) is 29.9 Å². The second kappa shape index (κ2) is 20.7. The zero-order valence-corrected chi connectivity index (χ0v) is 29.7. The number of ether oxygens (including phenoxy) is 2. The molecule has 1 aromatic heterocycles. The first-order chi connectivity index (χ1) is 25.8. The van der Waals surface area contributed by atoms with Crippen LogP contribution in [-0.2, 0) is 22.6 Å². The number of hydrogen-bond acceptors (Lipinski definition) is 10. The van der Waals surface area contributed by atoms with Crippen molar-refractivity contribution in [2.24, 2.45) is 5.73 Å². The molecule has 300 valence electrons. The highest BCUT2D eigenvalue weighted by Gasteiger charge is 2.39. The van der Waals surface area contributed by atoms with Crippen molar-refractivity contribution in [3.63, 3.8) is 0 Å². The number of aliphatic hydroxyl groups is 2. The number of hydrogen-bond donors (Lipinski definition) is 7. The fourth-order valence-corrected chi connectivity index (χ4v) is 4.93. The summed E-state index contributed by atoms with van der Waals surface area (Å²) in [6, 6.07) is 18.2. The number of rotatable bonds is 14. The molecule has 0 fully saturated rings. The molecule has 55 heavy (non-hydrogen) atoms. The van der Waals surface area contributed by atoms with E-state index in [9.17, 15) is 41.4 Å². The van der Waals surface area contributed by atoms with Gasteiger partial charge in [-0.15, -0.1) is 0 Å². The van der Waals surface area contributed by atoms with Crippen LogP contribution in [-0.4, -0.2) is 81.5 Å². The van der Waals surface area contributed by atoms with E-state index in [2.05, 4.69) is 15.6 Å². The van der Waals surface area contributed by atoms with E-state index >= 15 is 0 Å². The van der Waals surface area contributed by atoms with Crippen molar-refractivity contribution in [1.29, 1.82) is 0 Å². The fraction of sp³-hybridized carbons (Fsp3) is 0.333. The summed E-state index contributed by atoms with van der Waals surface area (Å²) in [5, 5.41) is 42.5. The van der Waals surface area contributed by atoms with Crippen molar-refractivity contribution in [3.8, 4) is 11.5 Å². The number of anilines is 2. The van der Waals surface area contributed by atoms with E-state index < -0.39 is 42.3 Å². The van der Waals surface area contributed by atoms with Crippen LogP contribution >= 0.6 is 0 Å². The van der Waals surface area contributed by atoms with Crippen LogP contribution in [0.3, 0.4) is 0 Å². The topological polar surface area (TPSA) is 214 Å². The monoisotopic (exact) mass is 786 g/mol. The first-order valence-electron chi connectivity index (χ1n) is 16.4. The Kier molecular flexibility index (Phi) is 17.1. The largest absolute Gasteiger partial charge is 0.490 e. The second-order valence-corrected chi connectivity index (χ2v) is 11.1. The minimum absolute atomic E-state index is 0.230. The van der Waals surface area contributed by atoms with Crippen molar-refractivity contribution >= 4 is 40.1 Å². The standard InChI is InChI=1S/C32H38N4O5.2C2HF3O2/c1-4-22-21(17-34-27(19-37)31(38)20-11-8-7-9-12-20)13-10-14-25(22)36-30-23-15-28(40-5-2)29(41-6-3)16-26(23)35-18-24(30)32(33)39;2*3-2(4,5)1(6)7/h7-16,18,27,31,34,37-38H,4-6,17,19H2,1-3H3,(H2,33,39)(H,35,36);2*(H,6,7)/t27-,31-;;/m1../s1. The number of carboxylic acids is 2. The molecular weight excluding hydrogens is 746 g/mol. The SMILES string of the molecule is CCOc1cc2ncc(C(N)=O)c(Nc3cccc(CN[C@H](CO)[C@H](O)c4ccccc4)c3CC)c2cc1OCC.O=C(O)C(F)(F)F.O=C(O)C(F)(F)F. The van der Waals surface area contributed by atoms with Crippen molar-refractivity contribution in [3.05, 3.63) is 89.1 Å². The summed E-state index contributed by atoms with van der Waals surface area (Å²) in [5.41, 5.74) is 10.7. The van der Waals surface area contributed by atoms with Gasteiger partial charge in [-0.25, -0.2) is 9.59 Å². The molecule has 1 heterocycles. The fourth-order valence-electron chi connectivity index (χ4n) is 4.93. The summed E-state index contributed by atoms with van der Waals surface area (Å²) in [4.78, 5) is 34.7. The number of primary amides is 1. The second-order valence-electron chi connectivity index (χ2n) is 11.1. The maximum Gasteiger partial charge on any atom is 0.490 e. The van der Waals surface area contributed by atoms with Gasteiger partial charge < -0.3 is 46.3 Å². The third kappa shape index (κ3) is 13.3. The number of benzene rings is 3. The number of fused-ring (bicyclic) bond motifs is 1. The number of nitrogens with one attached hydrogen (secondary N) is 2. The third-order valence-electron chi connectivity index (χ3n) is 7.44. The van der Waals surface area contributed by atoms with Crippen LogP contribution in [0.1, 0.15) is 53.9 Å². The Hall–Kier alpha value is -5.66. The zero-order valence-electron chi connectivity index (χ0n) is 29.7. The first kappa shape index (κ1) is 45.5. The van der Waals surface area contributed by atoms with Gasteiger partial charge in [-0.1, -0.05) is 49.4 Å². The number of halogens is 6. The lowest BCUT2D eigenvalue weighted by Crippen LogP contribution is -2.37. The van der Waals surface area contributed by atoms with Crippen LogP contribution in [0.15, 0.2) is 66.9 Å². The normalized spacial score (nSPS) is 12.3. The predicted molar refractivity (Wildman–Crippen MR) is 188 cm³/mol. The molecule has 3 aromatic carbocycles. The number of carbonyl (C=O) groups is 3. The van der Waals surface area contributed by atoms with Crippen LogP contribution < -0.4 is 25.8 Å². The van der Waals surface area contributed by atoms with E-state index in [1.54, 1.807) is 6.07 Å². The molecule has 8 N–H and O–H groups in total. The number of aliphatic carboxylic acids is 2. The van der Waals surface area contributed by atoms with Gasteiger partial charge in [0.15, 0.2) is 11.5 Å². The number of alkyl halides is 6. The summed E-state index contributed by atoms with van der Waals surface area (Å²) in [6.07, 6.45) is -8.87. The Bertz CT molecular complexity index is 1870. The Labute approximate surface area is 310 Å². The maximum atomic E-state index is 12.5. The quantitative estimate of drug-likeness (QED) is 0.0746. The van der Waals surface area contributed by atoms with Gasteiger partial charge in [-0.2, -0.15) is 26.3 Å². The number of carbonyl (C=O) groups excluding carboxylic acids is 1. The smallest absolute Gasteiger partial charge is 0.490 e. The van der Waals surface area contributed by atoms with Crippen molar-refractivity contribution < 1.29 is 70.6 Å². The molecule has 0 radical (unpaired) electrons. The molecule has 2 atom stereocenters. The van der Waals surface area contributed by atoms with Gasteiger partial charge >= 0.3 is 24.3 Å². The van der Waals surface area contributed by atoms with Gasteiger partial charge in [0.05, 0.1) is 48.7 Å². The summed E-state index contributed by atoms with van der Waals surface area (Å²) >= 11 is 0. The van der Waals surface area contributed by atoms with Crippen molar-refractivity contribution in [2.45, 2.75) is 58.2 Å². The molecule has 0 unspecified atom stereocenters. The molecule has 0 aliphatic heterocycles. The van der Waals surface area contributed by atoms with E-state index in [1.165, 1.54) is 6.20 Å². The molecule has 19 heteroatoms. The first-order valence-corrected chi connectivity index (χ1v) is 16.4. The summed E-state index contributed by atoms with van der Waals surface area (Å²) in [6.45, 7) is 6.94. The number of carboxylic acid groups (broad SMARTS) is 2. The number of amides is 1. The average molecular weight is 787 g/mol. The molecule has 1 amide bonds.